The van der Waals surface area contributed by atoms with E-state index in [4.69, 9.17) is 10.5 Å². The van der Waals surface area contributed by atoms with Gasteiger partial charge in [-0.3, -0.25) is 0 Å². The summed E-state index contributed by atoms with van der Waals surface area (Å²) in [5.41, 5.74) is 8.60. The van der Waals surface area contributed by atoms with Crippen LogP contribution < -0.4 is 10.5 Å². The number of nitrogens with zero attached hydrogens (tertiary/aromatic N) is 3. The van der Waals surface area contributed by atoms with Crippen LogP contribution in [0.25, 0.3) is 11.3 Å². The van der Waals surface area contributed by atoms with E-state index in [-0.39, 0.29) is 0 Å². The Balaban J connectivity index is 1.89. The zero-order valence-corrected chi connectivity index (χ0v) is 12.2. The highest BCUT2D eigenvalue weighted by molar-refractivity contribution is 5.79. The summed E-state index contributed by atoms with van der Waals surface area (Å²) in [4.78, 5) is 4.34. The standard InChI is InChI=1S/C17H16N4O/c1-22-15-9-5-8-14(10-15)16-12-21(17(18)20-16)19-11-13-6-3-2-4-7-13/h2-12H,1H3,(H2,18,20)/b19-11+. The number of imidazole rings is 1. The fraction of sp³-hybridized carbons (Fsp3) is 0.0588. The molecule has 0 aliphatic carbocycles. The third kappa shape index (κ3) is 2.98. The van der Waals surface area contributed by atoms with Crippen molar-refractivity contribution in [2.24, 2.45) is 5.10 Å². The molecule has 1 aromatic heterocycles. The fourth-order valence-electron chi connectivity index (χ4n) is 2.07. The number of nitrogen functional groups attached to an aromatic ring is 1. The minimum Gasteiger partial charge on any atom is -0.497 e. The first-order chi connectivity index (χ1) is 10.8. The van der Waals surface area contributed by atoms with Gasteiger partial charge in [-0.1, -0.05) is 42.5 Å². The lowest BCUT2D eigenvalue weighted by molar-refractivity contribution is 0.415. The van der Waals surface area contributed by atoms with Crippen molar-refractivity contribution in [2.45, 2.75) is 0 Å². The van der Waals surface area contributed by atoms with Crippen molar-refractivity contribution < 1.29 is 4.74 Å². The highest BCUT2D eigenvalue weighted by atomic mass is 16.5. The molecular formula is C17H16N4O. The first kappa shape index (κ1) is 13.9. The summed E-state index contributed by atoms with van der Waals surface area (Å²) in [5, 5.41) is 4.34. The highest BCUT2D eigenvalue weighted by Gasteiger charge is 2.07. The molecule has 0 radical (unpaired) electrons. The topological polar surface area (TPSA) is 65.4 Å². The largest absolute Gasteiger partial charge is 0.497 e. The van der Waals surface area contributed by atoms with Crippen LogP contribution in [0, 0.1) is 0 Å². The molecular weight excluding hydrogens is 276 g/mol. The molecule has 5 heteroatoms. The van der Waals surface area contributed by atoms with Gasteiger partial charge >= 0.3 is 0 Å². The zero-order valence-electron chi connectivity index (χ0n) is 12.2. The van der Waals surface area contributed by atoms with Gasteiger partial charge in [0.2, 0.25) is 5.95 Å². The van der Waals surface area contributed by atoms with Gasteiger partial charge in [0.15, 0.2) is 0 Å². The van der Waals surface area contributed by atoms with Crippen LogP contribution in [0.15, 0.2) is 65.9 Å². The van der Waals surface area contributed by atoms with Crippen molar-refractivity contribution in [1.82, 2.24) is 9.66 Å². The van der Waals surface area contributed by atoms with Gasteiger partial charge in [0, 0.05) is 5.56 Å². The Morgan fingerprint density at radius 3 is 2.73 bits per heavy atom. The summed E-state index contributed by atoms with van der Waals surface area (Å²) in [6.45, 7) is 0. The van der Waals surface area contributed by atoms with E-state index in [1.807, 2.05) is 54.6 Å². The van der Waals surface area contributed by atoms with Crippen molar-refractivity contribution in [3.05, 3.63) is 66.4 Å². The Hall–Kier alpha value is -3.08. The quantitative estimate of drug-likeness (QED) is 0.752. The second-order valence-electron chi connectivity index (χ2n) is 4.72. The minimum absolute atomic E-state index is 0.338. The maximum absolute atomic E-state index is 5.92. The van der Waals surface area contributed by atoms with Gasteiger partial charge in [0.25, 0.3) is 0 Å². The highest BCUT2D eigenvalue weighted by Crippen LogP contribution is 2.23. The van der Waals surface area contributed by atoms with Gasteiger partial charge in [0.05, 0.1) is 25.2 Å². The number of aromatic nitrogens is 2. The normalized spacial score (nSPS) is 11.0. The molecule has 0 amide bonds. The number of nitrogens with two attached hydrogens (primary N) is 1. The monoisotopic (exact) mass is 292 g/mol. The summed E-state index contributed by atoms with van der Waals surface area (Å²) in [5.74, 6) is 1.11. The maximum atomic E-state index is 5.92. The molecule has 22 heavy (non-hydrogen) atoms. The van der Waals surface area contributed by atoms with Crippen molar-refractivity contribution >= 4 is 12.2 Å². The molecule has 0 bridgehead atoms. The van der Waals surface area contributed by atoms with Crippen molar-refractivity contribution in [3.63, 3.8) is 0 Å². The van der Waals surface area contributed by atoms with Gasteiger partial charge in [-0.05, 0) is 17.7 Å². The lowest BCUT2D eigenvalue weighted by atomic mass is 10.1. The van der Waals surface area contributed by atoms with Gasteiger partial charge in [-0.25, -0.2) is 9.66 Å². The summed E-state index contributed by atoms with van der Waals surface area (Å²) in [6, 6.07) is 17.5. The average molecular weight is 292 g/mol. The Morgan fingerprint density at radius 1 is 1.14 bits per heavy atom. The third-order valence-corrected chi connectivity index (χ3v) is 3.21. The maximum Gasteiger partial charge on any atom is 0.221 e. The molecule has 0 fully saturated rings. The van der Waals surface area contributed by atoms with Crippen LogP contribution in [-0.2, 0) is 0 Å². The third-order valence-electron chi connectivity index (χ3n) is 3.21. The van der Waals surface area contributed by atoms with Crippen LogP contribution in [0.3, 0.4) is 0 Å². The summed E-state index contributed by atoms with van der Waals surface area (Å²) < 4.78 is 6.78. The van der Waals surface area contributed by atoms with Gasteiger partial charge in [0.1, 0.15) is 5.75 Å². The molecule has 2 N–H and O–H groups in total. The molecule has 0 atom stereocenters. The summed E-state index contributed by atoms with van der Waals surface area (Å²) in [7, 11) is 1.64. The first-order valence-electron chi connectivity index (χ1n) is 6.85. The Labute approximate surface area is 128 Å². The number of anilines is 1. The van der Waals surface area contributed by atoms with E-state index in [9.17, 15) is 0 Å². The Kier molecular flexibility index (Phi) is 3.87. The zero-order chi connectivity index (χ0) is 15.4. The molecule has 0 unspecified atom stereocenters. The SMILES string of the molecule is COc1cccc(-c2cn(/N=C/c3ccccc3)c(N)n2)c1. The van der Waals surface area contributed by atoms with Crippen LogP contribution in [-0.4, -0.2) is 23.0 Å². The number of methoxy groups -OCH3 is 1. The molecule has 0 saturated heterocycles. The average Bonchev–Trinajstić information content (AvgIpc) is 2.95. The molecule has 0 aliphatic heterocycles. The van der Waals surface area contributed by atoms with E-state index in [0.29, 0.717) is 5.95 Å². The van der Waals surface area contributed by atoms with Crippen LogP contribution in [0.4, 0.5) is 5.95 Å². The Bertz CT molecular complexity index is 793. The number of benzene rings is 2. The molecule has 110 valence electrons. The van der Waals surface area contributed by atoms with Crippen molar-refractivity contribution in [2.75, 3.05) is 12.8 Å². The van der Waals surface area contributed by atoms with Crippen LogP contribution in [0.2, 0.25) is 0 Å². The van der Waals surface area contributed by atoms with Crippen LogP contribution in [0.5, 0.6) is 5.75 Å². The molecule has 5 nitrogen and oxygen atoms in total. The summed E-state index contributed by atoms with van der Waals surface area (Å²) in [6.07, 6.45) is 3.54. The number of rotatable bonds is 4. The van der Waals surface area contributed by atoms with Gasteiger partial charge < -0.3 is 10.5 Å². The van der Waals surface area contributed by atoms with E-state index in [0.717, 1.165) is 22.6 Å². The second-order valence-corrected chi connectivity index (χ2v) is 4.72. The number of hydrogen-bond acceptors (Lipinski definition) is 4. The van der Waals surface area contributed by atoms with E-state index >= 15 is 0 Å². The lowest BCUT2D eigenvalue weighted by Crippen LogP contribution is -1.96. The van der Waals surface area contributed by atoms with E-state index in [2.05, 4.69) is 10.1 Å². The van der Waals surface area contributed by atoms with Crippen molar-refractivity contribution in [1.29, 1.82) is 0 Å². The van der Waals surface area contributed by atoms with Crippen LogP contribution >= 0.6 is 0 Å². The van der Waals surface area contributed by atoms with Crippen LogP contribution in [0.1, 0.15) is 5.56 Å². The molecule has 3 aromatic rings. The van der Waals surface area contributed by atoms with E-state index < -0.39 is 0 Å². The molecule has 0 aliphatic rings. The number of hydrogen-bond donors (Lipinski definition) is 1. The molecule has 1 heterocycles. The lowest BCUT2D eigenvalue weighted by Gasteiger charge is -2.00. The van der Waals surface area contributed by atoms with Gasteiger partial charge in [-0.2, -0.15) is 5.10 Å². The first-order valence-corrected chi connectivity index (χ1v) is 6.85. The molecule has 0 saturated carbocycles. The molecule has 3 rings (SSSR count). The predicted molar refractivity (Wildman–Crippen MR) is 88.1 cm³/mol. The van der Waals surface area contributed by atoms with E-state index in [1.54, 1.807) is 24.2 Å². The van der Waals surface area contributed by atoms with E-state index in [1.165, 1.54) is 0 Å². The minimum atomic E-state index is 0.338. The molecule has 0 spiro atoms. The smallest absolute Gasteiger partial charge is 0.221 e. The van der Waals surface area contributed by atoms with Crippen molar-refractivity contribution in [3.8, 4) is 17.0 Å². The summed E-state index contributed by atoms with van der Waals surface area (Å²) >= 11 is 0. The fourth-order valence-corrected chi connectivity index (χ4v) is 2.07. The number of ether oxygens (including phenoxy) is 1. The van der Waals surface area contributed by atoms with Gasteiger partial charge in [-0.15, -0.1) is 0 Å². The molecule has 2 aromatic carbocycles. The second kappa shape index (κ2) is 6.13. The predicted octanol–water partition coefficient (Wildman–Crippen LogP) is 3.02. The Morgan fingerprint density at radius 2 is 1.95 bits per heavy atom.